The zero-order chi connectivity index (χ0) is 10.5. The van der Waals surface area contributed by atoms with E-state index in [1.165, 1.54) is 45.3 Å². The summed E-state index contributed by atoms with van der Waals surface area (Å²) in [5.41, 5.74) is 0. The second-order valence-corrected chi connectivity index (χ2v) is 4.74. The predicted octanol–water partition coefficient (Wildman–Crippen LogP) is 1.47. The third kappa shape index (κ3) is 2.96. The monoisotopic (exact) mass is 206 g/mol. The van der Waals surface area contributed by atoms with E-state index in [4.69, 9.17) is 0 Å². The zero-order valence-corrected chi connectivity index (χ0v) is 9.76. The molecule has 0 radical (unpaired) electrons. The summed E-state index contributed by atoms with van der Waals surface area (Å²) in [6.07, 6.45) is 5.51. The summed E-state index contributed by atoms with van der Waals surface area (Å²) in [5, 5.41) is 3.64. The fraction of sp³-hybridized carbons (Fsp3) is 0.846. The first kappa shape index (κ1) is 11.0. The number of nitrogens with zero attached hydrogens (tertiary/aromatic N) is 1. The fourth-order valence-corrected chi connectivity index (χ4v) is 2.82. The molecule has 2 rings (SSSR count). The zero-order valence-electron chi connectivity index (χ0n) is 9.76. The molecule has 0 aliphatic carbocycles. The first-order valence-electron chi connectivity index (χ1n) is 6.25. The number of likely N-dealkylation sites (tertiary alicyclic amines) is 1. The van der Waals surface area contributed by atoms with Gasteiger partial charge >= 0.3 is 0 Å². The Kier molecular flexibility index (Phi) is 4.05. The largest absolute Gasteiger partial charge is 0.314 e. The van der Waals surface area contributed by atoms with Gasteiger partial charge in [-0.1, -0.05) is 5.92 Å². The predicted molar refractivity (Wildman–Crippen MR) is 63.6 cm³/mol. The van der Waals surface area contributed by atoms with Crippen LogP contribution in [0, 0.1) is 17.8 Å². The van der Waals surface area contributed by atoms with Gasteiger partial charge in [0.15, 0.2) is 0 Å². The van der Waals surface area contributed by atoms with Crippen molar-refractivity contribution >= 4 is 0 Å². The Labute approximate surface area is 93.4 Å². The van der Waals surface area contributed by atoms with Crippen LogP contribution in [-0.4, -0.2) is 37.1 Å². The molecule has 1 atom stereocenters. The number of hydrogen-bond donors (Lipinski definition) is 1. The van der Waals surface area contributed by atoms with Crippen molar-refractivity contribution in [3.8, 4) is 11.8 Å². The van der Waals surface area contributed by atoms with Gasteiger partial charge in [-0.05, 0) is 58.2 Å². The Morgan fingerprint density at radius 1 is 1.27 bits per heavy atom. The minimum Gasteiger partial charge on any atom is -0.314 e. The van der Waals surface area contributed by atoms with Crippen LogP contribution in [0.4, 0.5) is 0 Å². The van der Waals surface area contributed by atoms with Crippen molar-refractivity contribution < 1.29 is 0 Å². The van der Waals surface area contributed by atoms with E-state index in [-0.39, 0.29) is 0 Å². The summed E-state index contributed by atoms with van der Waals surface area (Å²) in [7, 11) is 0. The quantitative estimate of drug-likeness (QED) is 0.688. The molecule has 0 aromatic heterocycles. The van der Waals surface area contributed by atoms with Crippen LogP contribution in [0.3, 0.4) is 0 Å². The van der Waals surface area contributed by atoms with Gasteiger partial charge in [0.2, 0.25) is 0 Å². The summed E-state index contributed by atoms with van der Waals surface area (Å²) in [5.74, 6) is 7.07. The van der Waals surface area contributed by atoms with Gasteiger partial charge in [0, 0.05) is 6.04 Å². The Hall–Kier alpha value is -0.520. The van der Waals surface area contributed by atoms with E-state index in [0.29, 0.717) is 0 Å². The highest BCUT2D eigenvalue weighted by Gasteiger charge is 2.27. The van der Waals surface area contributed by atoms with Crippen molar-refractivity contribution in [2.24, 2.45) is 5.92 Å². The Balaban J connectivity index is 1.73. The second-order valence-electron chi connectivity index (χ2n) is 4.74. The molecule has 1 N–H and O–H groups in total. The smallest absolute Gasteiger partial charge is 0.0601 e. The Bertz CT molecular complexity index is 237. The summed E-state index contributed by atoms with van der Waals surface area (Å²) in [6, 6.07) is 0.824. The lowest BCUT2D eigenvalue weighted by Crippen LogP contribution is -2.40. The van der Waals surface area contributed by atoms with Crippen molar-refractivity contribution in [2.75, 3.05) is 26.2 Å². The highest BCUT2D eigenvalue weighted by molar-refractivity contribution is 4.98. The molecule has 0 aromatic rings. The van der Waals surface area contributed by atoms with Gasteiger partial charge in [-0.25, -0.2) is 0 Å². The number of piperidine rings is 1. The SMILES string of the molecule is CC#CCN1CCC(C2CCCN2)CC1. The van der Waals surface area contributed by atoms with Crippen LogP contribution in [0.15, 0.2) is 0 Å². The Morgan fingerprint density at radius 2 is 2.07 bits per heavy atom. The van der Waals surface area contributed by atoms with Crippen LogP contribution >= 0.6 is 0 Å². The molecule has 0 saturated carbocycles. The normalized spacial score (nSPS) is 28.7. The first-order valence-corrected chi connectivity index (χ1v) is 6.25. The first-order chi connectivity index (χ1) is 7.40. The molecule has 2 aliphatic rings. The molecule has 2 fully saturated rings. The molecule has 15 heavy (non-hydrogen) atoms. The molecule has 2 nitrogen and oxygen atoms in total. The highest BCUT2D eigenvalue weighted by atomic mass is 15.1. The fourth-order valence-electron chi connectivity index (χ4n) is 2.82. The Morgan fingerprint density at radius 3 is 2.67 bits per heavy atom. The van der Waals surface area contributed by atoms with Crippen molar-refractivity contribution in [1.82, 2.24) is 10.2 Å². The minimum atomic E-state index is 0.824. The second kappa shape index (κ2) is 5.53. The van der Waals surface area contributed by atoms with E-state index in [1.54, 1.807) is 0 Å². The average molecular weight is 206 g/mol. The molecule has 2 saturated heterocycles. The topological polar surface area (TPSA) is 15.3 Å². The third-order valence-corrected chi connectivity index (χ3v) is 3.78. The van der Waals surface area contributed by atoms with Gasteiger partial charge in [0.25, 0.3) is 0 Å². The third-order valence-electron chi connectivity index (χ3n) is 3.78. The van der Waals surface area contributed by atoms with E-state index in [0.717, 1.165) is 18.5 Å². The summed E-state index contributed by atoms with van der Waals surface area (Å²) >= 11 is 0. The lowest BCUT2D eigenvalue weighted by atomic mass is 9.88. The molecule has 2 heteroatoms. The summed E-state index contributed by atoms with van der Waals surface area (Å²) in [6.45, 7) is 6.64. The molecule has 84 valence electrons. The van der Waals surface area contributed by atoms with Gasteiger partial charge < -0.3 is 5.32 Å². The van der Waals surface area contributed by atoms with Gasteiger partial charge in [0.05, 0.1) is 6.54 Å². The van der Waals surface area contributed by atoms with E-state index < -0.39 is 0 Å². The molecular weight excluding hydrogens is 184 g/mol. The molecule has 0 bridgehead atoms. The standard InChI is InChI=1S/C13H22N2/c1-2-3-9-15-10-6-12(7-11-15)13-5-4-8-14-13/h12-14H,4-11H2,1H3. The number of nitrogens with one attached hydrogen (secondary N) is 1. The van der Waals surface area contributed by atoms with Crippen molar-refractivity contribution in [3.05, 3.63) is 0 Å². The summed E-state index contributed by atoms with van der Waals surface area (Å²) < 4.78 is 0. The molecule has 0 amide bonds. The van der Waals surface area contributed by atoms with Gasteiger partial charge in [-0.2, -0.15) is 0 Å². The molecule has 0 spiro atoms. The summed E-state index contributed by atoms with van der Waals surface area (Å²) in [4.78, 5) is 2.49. The maximum Gasteiger partial charge on any atom is 0.0601 e. The van der Waals surface area contributed by atoms with Crippen LogP contribution in [0.25, 0.3) is 0 Å². The van der Waals surface area contributed by atoms with Crippen molar-refractivity contribution in [1.29, 1.82) is 0 Å². The molecule has 2 aliphatic heterocycles. The van der Waals surface area contributed by atoms with Gasteiger partial charge in [0.1, 0.15) is 0 Å². The highest BCUT2D eigenvalue weighted by Crippen LogP contribution is 2.25. The van der Waals surface area contributed by atoms with Crippen LogP contribution in [0.1, 0.15) is 32.6 Å². The van der Waals surface area contributed by atoms with Crippen molar-refractivity contribution in [3.63, 3.8) is 0 Å². The van der Waals surface area contributed by atoms with Crippen LogP contribution < -0.4 is 5.32 Å². The molecule has 1 unspecified atom stereocenters. The van der Waals surface area contributed by atoms with Crippen LogP contribution in [0.2, 0.25) is 0 Å². The molecule has 0 aromatic carbocycles. The van der Waals surface area contributed by atoms with Gasteiger partial charge in [-0.15, -0.1) is 5.92 Å². The van der Waals surface area contributed by atoms with Crippen LogP contribution in [0.5, 0.6) is 0 Å². The maximum absolute atomic E-state index is 3.64. The average Bonchev–Trinajstić information content (AvgIpc) is 2.80. The lowest BCUT2D eigenvalue weighted by Gasteiger charge is -2.33. The van der Waals surface area contributed by atoms with E-state index in [9.17, 15) is 0 Å². The van der Waals surface area contributed by atoms with Crippen molar-refractivity contribution in [2.45, 2.75) is 38.6 Å². The minimum absolute atomic E-state index is 0.824. The van der Waals surface area contributed by atoms with Crippen LogP contribution in [-0.2, 0) is 0 Å². The van der Waals surface area contributed by atoms with Gasteiger partial charge in [-0.3, -0.25) is 4.90 Å². The molecule has 2 heterocycles. The lowest BCUT2D eigenvalue weighted by molar-refractivity contribution is 0.179. The van der Waals surface area contributed by atoms with E-state index >= 15 is 0 Å². The number of hydrogen-bond acceptors (Lipinski definition) is 2. The number of rotatable bonds is 2. The molecular formula is C13H22N2. The maximum atomic E-state index is 3.64. The van der Waals surface area contributed by atoms with E-state index in [1.807, 2.05) is 6.92 Å². The van der Waals surface area contributed by atoms with E-state index in [2.05, 4.69) is 22.1 Å².